The number of pyridine rings is 1. The molecule has 19 heavy (non-hydrogen) atoms. The monoisotopic (exact) mass is 260 g/mol. The third kappa shape index (κ3) is 2.84. The topological polar surface area (TPSA) is 56.0 Å². The third-order valence-corrected chi connectivity index (χ3v) is 4.00. The van der Waals surface area contributed by atoms with Gasteiger partial charge in [-0.2, -0.15) is 0 Å². The predicted molar refractivity (Wildman–Crippen MR) is 77.2 cm³/mol. The highest BCUT2D eigenvalue weighted by Crippen LogP contribution is 2.31. The molecular weight excluding hydrogens is 238 g/mol. The van der Waals surface area contributed by atoms with E-state index in [0.717, 1.165) is 36.9 Å². The number of nitrogens with two attached hydrogens (primary N) is 1. The third-order valence-electron chi connectivity index (χ3n) is 4.00. The van der Waals surface area contributed by atoms with E-state index in [-0.39, 0.29) is 0 Å². The number of carbonyl (C=O) groups excluding carboxylic acids is 1. The summed E-state index contributed by atoms with van der Waals surface area (Å²) in [6.07, 6.45) is 7.87. The van der Waals surface area contributed by atoms with E-state index in [0.29, 0.717) is 16.2 Å². The Labute approximate surface area is 114 Å². The zero-order chi connectivity index (χ0) is 14.0. The van der Waals surface area contributed by atoms with Crippen LogP contribution in [0.5, 0.6) is 0 Å². The summed E-state index contributed by atoms with van der Waals surface area (Å²) in [6, 6.07) is 2.33. The number of quaternary nitrogens is 1. The van der Waals surface area contributed by atoms with Crippen molar-refractivity contribution in [2.75, 3.05) is 19.8 Å². The van der Waals surface area contributed by atoms with E-state index in [1.54, 1.807) is 6.20 Å². The lowest BCUT2D eigenvalue weighted by atomic mass is 9.90. The van der Waals surface area contributed by atoms with E-state index in [1.807, 2.05) is 27.1 Å². The van der Waals surface area contributed by atoms with E-state index in [2.05, 4.69) is 11.1 Å². The van der Waals surface area contributed by atoms with E-state index in [1.165, 1.54) is 5.57 Å². The van der Waals surface area contributed by atoms with Gasteiger partial charge in [0.2, 0.25) is 0 Å². The molecule has 2 rings (SSSR count). The van der Waals surface area contributed by atoms with Crippen molar-refractivity contribution in [3.8, 4) is 0 Å². The minimum atomic E-state index is 0.371. The van der Waals surface area contributed by atoms with Crippen molar-refractivity contribution >= 4 is 17.7 Å². The number of amides is 1. The summed E-state index contributed by atoms with van der Waals surface area (Å²) in [5.74, 6) is 0. The minimum Gasteiger partial charge on any atom is -0.397 e. The van der Waals surface area contributed by atoms with E-state index >= 15 is 0 Å². The summed E-state index contributed by atoms with van der Waals surface area (Å²) in [4.78, 5) is 15.5. The van der Waals surface area contributed by atoms with Gasteiger partial charge in [0.1, 0.15) is 0 Å². The van der Waals surface area contributed by atoms with Crippen molar-refractivity contribution in [2.24, 2.45) is 0 Å². The number of nitrogens with zero attached hydrogens (tertiary/aromatic N) is 2. The van der Waals surface area contributed by atoms with E-state index in [4.69, 9.17) is 5.73 Å². The number of allylic oxidation sites excluding steroid dienone is 1. The van der Waals surface area contributed by atoms with Crippen LogP contribution in [-0.4, -0.2) is 36.0 Å². The Kier molecular flexibility index (Phi) is 3.71. The number of carbonyl (C=O) groups is 1. The number of anilines is 1. The minimum absolute atomic E-state index is 0.371. The molecule has 102 valence electrons. The summed E-state index contributed by atoms with van der Waals surface area (Å²) < 4.78 is 0.429. The van der Waals surface area contributed by atoms with Crippen molar-refractivity contribution in [1.82, 2.24) is 4.98 Å². The molecule has 1 unspecified atom stereocenters. The summed E-state index contributed by atoms with van der Waals surface area (Å²) in [6.45, 7) is 2.04. The summed E-state index contributed by atoms with van der Waals surface area (Å²) in [7, 11) is 3.92. The molecule has 2 N–H and O–H groups in total. The Morgan fingerprint density at radius 1 is 1.47 bits per heavy atom. The van der Waals surface area contributed by atoms with Gasteiger partial charge in [0.15, 0.2) is 0 Å². The van der Waals surface area contributed by atoms with Gasteiger partial charge in [-0.25, -0.2) is 4.79 Å². The van der Waals surface area contributed by atoms with Gasteiger partial charge in [-0.3, -0.25) is 9.47 Å². The quantitative estimate of drug-likeness (QED) is 0.669. The molecule has 1 heterocycles. The number of aromatic nitrogens is 1. The SMILES string of the molecule is Cc1cc(N)cnc1C1=CCC([N+](C)(C)C=O)CC1. The van der Waals surface area contributed by atoms with Crippen LogP contribution < -0.4 is 5.73 Å². The average molecular weight is 260 g/mol. The fraction of sp³-hybridized carbons (Fsp3) is 0.467. The van der Waals surface area contributed by atoms with Gasteiger partial charge in [0, 0.05) is 12.8 Å². The van der Waals surface area contributed by atoms with Crippen molar-refractivity contribution in [3.63, 3.8) is 0 Å². The second-order valence-electron chi connectivity index (χ2n) is 5.83. The van der Waals surface area contributed by atoms with E-state index in [9.17, 15) is 4.79 Å². The molecule has 0 saturated heterocycles. The molecule has 1 amide bonds. The second-order valence-corrected chi connectivity index (χ2v) is 5.83. The summed E-state index contributed by atoms with van der Waals surface area (Å²) in [5.41, 5.74) is 9.88. The van der Waals surface area contributed by atoms with Crippen LogP contribution in [0.3, 0.4) is 0 Å². The maximum Gasteiger partial charge on any atom is 0.301 e. The lowest BCUT2D eigenvalue weighted by Crippen LogP contribution is -2.48. The first kappa shape index (κ1) is 13.7. The maximum atomic E-state index is 11.1. The van der Waals surface area contributed by atoms with Crippen LogP contribution in [0.1, 0.15) is 30.5 Å². The van der Waals surface area contributed by atoms with Gasteiger partial charge < -0.3 is 5.73 Å². The van der Waals surface area contributed by atoms with Crippen molar-refractivity contribution in [3.05, 3.63) is 29.6 Å². The molecule has 4 nitrogen and oxygen atoms in total. The molecule has 0 spiro atoms. The molecule has 0 aliphatic heterocycles. The Morgan fingerprint density at radius 2 is 2.21 bits per heavy atom. The maximum absolute atomic E-state index is 11.1. The molecule has 0 fully saturated rings. The molecule has 0 saturated carbocycles. The van der Waals surface area contributed by atoms with Crippen LogP contribution in [0.25, 0.3) is 5.57 Å². The van der Waals surface area contributed by atoms with Crippen LogP contribution in [0.4, 0.5) is 5.69 Å². The number of aryl methyl sites for hydroxylation is 1. The van der Waals surface area contributed by atoms with Crippen molar-refractivity contribution < 1.29 is 9.28 Å². The number of hydrogen-bond donors (Lipinski definition) is 1. The molecule has 0 aromatic carbocycles. The van der Waals surface area contributed by atoms with Gasteiger partial charge >= 0.3 is 6.41 Å². The second kappa shape index (κ2) is 5.13. The zero-order valence-electron chi connectivity index (χ0n) is 11.9. The molecule has 1 atom stereocenters. The number of rotatable bonds is 3. The number of hydrogen-bond acceptors (Lipinski definition) is 3. The first-order chi connectivity index (χ1) is 8.94. The smallest absolute Gasteiger partial charge is 0.301 e. The van der Waals surface area contributed by atoms with Crippen molar-refractivity contribution in [1.29, 1.82) is 0 Å². The van der Waals surface area contributed by atoms with Crippen LogP contribution >= 0.6 is 0 Å². The predicted octanol–water partition coefficient (Wildman–Crippen LogP) is 2.14. The lowest BCUT2D eigenvalue weighted by Gasteiger charge is -2.33. The molecular formula is C15H22N3O+. The van der Waals surface area contributed by atoms with Crippen LogP contribution in [0, 0.1) is 6.92 Å². The molecule has 1 aromatic rings. The first-order valence-electron chi connectivity index (χ1n) is 6.65. The summed E-state index contributed by atoms with van der Waals surface area (Å²) >= 11 is 0. The van der Waals surface area contributed by atoms with E-state index < -0.39 is 0 Å². The molecule has 1 aliphatic rings. The van der Waals surface area contributed by atoms with Gasteiger partial charge in [-0.05, 0) is 30.5 Å². The zero-order valence-corrected chi connectivity index (χ0v) is 11.9. The lowest BCUT2D eigenvalue weighted by molar-refractivity contribution is -0.832. The van der Waals surface area contributed by atoms with Gasteiger partial charge in [-0.15, -0.1) is 0 Å². The standard InChI is InChI=1S/C15H22N3O/c1-11-8-13(16)9-17-15(11)12-4-6-14(7-5-12)18(2,3)10-19/h4,8-10,14H,5-7,16H2,1-3H3/q+1. The first-order valence-corrected chi connectivity index (χ1v) is 6.65. The summed E-state index contributed by atoms with van der Waals surface area (Å²) in [5, 5.41) is 0. The molecule has 1 aliphatic carbocycles. The van der Waals surface area contributed by atoms with Gasteiger partial charge in [0.05, 0.1) is 37.7 Å². The molecule has 4 heteroatoms. The van der Waals surface area contributed by atoms with Crippen molar-refractivity contribution in [2.45, 2.75) is 32.2 Å². The van der Waals surface area contributed by atoms with Gasteiger partial charge in [-0.1, -0.05) is 6.08 Å². The number of nitrogen functional groups attached to an aromatic ring is 1. The van der Waals surface area contributed by atoms with Crippen LogP contribution in [-0.2, 0) is 4.79 Å². The highest BCUT2D eigenvalue weighted by molar-refractivity contribution is 5.67. The highest BCUT2D eigenvalue weighted by Gasteiger charge is 2.30. The Hall–Kier alpha value is -1.68. The Morgan fingerprint density at radius 3 is 2.74 bits per heavy atom. The van der Waals surface area contributed by atoms with Crippen LogP contribution in [0.15, 0.2) is 18.3 Å². The Bertz CT molecular complexity index is 520. The highest BCUT2D eigenvalue weighted by atomic mass is 16.1. The largest absolute Gasteiger partial charge is 0.397 e. The fourth-order valence-electron chi connectivity index (χ4n) is 2.66. The van der Waals surface area contributed by atoms with Crippen LogP contribution in [0.2, 0.25) is 0 Å². The molecule has 0 radical (unpaired) electrons. The normalized spacial score (nSPS) is 19.9. The molecule has 0 bridgehead atoms. The fourth-order valence-corrected chi connectivity index (χ4v) is 2.66. The average Bonchev–Trinajstić information content (AvgIpc) is 2.39. The molecule has 1 aromatic heterocycles. The Balaban J connectivity index is 2.19. The van der Waals surface area contributed by atoms with Gasteiger partial charge in [0.25, 0.3) is 0 Å².